The van der Waals surface area contributed by atoms with Gasteiger partial charge >= 0.3 is 5.97 Å². The molecule has 0 bridgehead atoms. The number of nitrogens with zero attached hydrogens (tertiary/aromatic N) is 1. The Morgan fingerprint density at radius 1 is 1.50 bits per heavy atom. The summed E-state index contributed by atoms with van der Waals surface area (Å²) in [6.45, 7) is 2.87. The van der Waals surface area contributed by atoms with Gasteiger partial charge in [0.25, 0.3) is 0 Å². The maximum Gasteiger partial charge on any atom is 0.337 e. The van der Waals surface area contributed by atoms with Crippen LogP contribution in [0.1, 0.15) is 23.7 Å². The highest BCUT2D eigenvalue weighted by Gasteiger charge is 2.13. The van der Waals surface area contributed by atoms with Gasteiger partial charge in [0.1, 0.15) is 5.82 Å². The fourth-order valence-electron chi connectivity index (χ4n) is 1.61. The Hall–Kier alpha value is -1.62. The second-order valence-electron chi connectivity index (χ2n) is 4.63. The monoisotopic (exact) mass is 254 g/mol. The van der Waals surface area contributed by atoms with Gasteiger partial charge in [-0.3, -0.25) is 0 Å². The van der Waals surface area contributed by atoms with E-state index in [0.717, 1.165) is 19.0 Å². The molecule has 0 aliphatic rings. The lowest BCUT2D eigenvalue weighted by molar-refractivity contribution is 0.0697. The average Bonchev–Trinajstić information content (AvgIpc) is 2.28. The molecule has 1 aromatic carbocycles. The quantitative estimate of drug-likeness (QED) is 0.817. The Bertz CT molecular complexity index is 421. The summed E-state index contributed by atoms with van der Waals surface area (Å²) in [7, 11) is 3.96. The number of carboxylic acids is 1. The molecule has 0 aliphatic heterocycles. The number of hydrogen-bond donors (Lipinski definition) is 2. The molecule has 1 aromatic rings. The van der Waals surface area contributed by atoms with E-state index in [1.165, 1.54) is 12.1 Å². The topological polar surface area (TPSA) is 52.6 Å². The average molecular weight is 254 g/mol. The van der Waals surface area contributed by atoms with Crippen molar-refractivity contribution in [2.75, 3.05) is 26.0 Å². The van der Waals surface area contributed by atoms with Crippen molar-refractivity contribution in [1.29, 1.82) is 0 Å². The van der Waals surface area contributed by atoms with Crippen LogP contribution in [0.25, 0.3) is 0 Å². The van der Waals surface area contributed by atoms with Crippen molar-refractivity contribution >= 4 is 11.7 Å². The Kier molecular flexibility index (Phi) is 5.09. The van der Waals surface area contributed by atoms with Crippen molar-refractivity contribution in [3.8, 4) is 0 Å². The summed E-state index contributed by atoms with van der Waals surface area (Å²) in [6.07, 6.45) is 0.878. The smallest absolute Gasteiger partial charge is 0.337 e. The van der Waals surface area contributed by atoms with Crippen LogP contribution in [0, 0.1) is 5.82 Å². The first-order valence-electron chi connectivity index (χ1n) is 5.84. The highest BCUT2D eigenvalue weighted by atomic mass is 19.1. The van der Waals surface area contributed by atoms with Crippen LogP contribution >= 0.6 is 0 Å². The predicted molar refractivity (Wildman–Crippen MR) is 69.6 cm³/mol. The van der Waals surface area contributed by atoms with Gasteiger partial charge in [-0.1, -0.05) is 0 Å². The normalized spacial score (nSPS) is 12.5. The number of hydrogen-bond acceptors (Lipinski definition) is 3. The molecule has 0 amide bonds. The molecule has 0 fully saturated rings. The molecule has 0 aromatic heterocycles. The van der Waals surface area contributed by atoms with Crippen LogP contribution in [-0.4, -0.2) is 42.7 Å². The number of nitrogens with one attached hydrogen (secondary N) is 1. The zero-order chi connectivity index (χ0) is 13.7. The van der Waals surface area contributed by atoms with Crippen LogP contribution in [0.4, 0.5) is 10.1 Å². The van der Waals surface area contributed by atoms with Gasteiger partial charge in [-0.2, -0.15) is 0 Å². The highest BCUT2D eigenvalue weighted by Crippen LogP contribution is 2.18. The first kappa shape index (κ1) is 14.4. The molecule has 1 rings (SSSR count). The lowest BCUT2D eigenvalue weighted by Crippen LogP contribution is -2.23. The first-order chi connectivity index (χ1) is 8.40. The van der Waals surface area contributed by atoms with E-state index in [9.17, 15) is 9.18 Å². The minimum absolute atomic E-state index is 0.0355. The van der Waals surface area contributed by atoms with Crippen molar-refractivity contribution in [3.63, 3.8) is 0 Å². The molecule has 100 valence electrons. The zero-order valence-electron chi connectivity index (χ0n) is 10.9. The molecule has 5 heteroatoms. The molecule has 0 aliphatic carbocycles. The number of halogens is 1. The van der Waals surface area contributed by atoms with E-state index in [4.69, 9.17) is 5.11 Å². The Morgan fingerprint density at radius 3 is 2.72 bits per heavy atom. The number of carbonyl (C=O) groups is 1. The summed E-state index contributed by atoms with van der Waals surface area (Å²) in [5, 5.41) is 12.1. The standard InChI is InChI=1S/C13H19FN2O2/c1-9(6-7-16(2)3)15-12-5-4-10(14)8-11(12)13(17)18/h4-5,8-9,15H,6-7H2,1-3H3,(H,17,18). The zero-order valence-corrected chi connectivity index (χ0v) is 10.9. The van der Waals surface area contributed by atoms with Crippen molar-refractivity contribution in [2.45, 2.75) is 19.4 Å². The molecular weight excluding hydrogens is 235 g/mol. The van der Waals surface area contributed by atoms with Crippen molar-refractivity contribution in [3.05, 3.63) is 29.6 Å². The molecule has 2 N–H and O–H groups in total. The largest absolute Gasteiger partial charge is 0.478 e. The third-order valence-electron chi connectivity index (χ3n) is 2.62. The lowest BCUT2D eigenvalue weighted by atomic mass is 10.1. The summed E-state index contributed by atoms with van der Waals surface area (Å²) in [5.41, 5.74) is 0.418. The second kappa shape index (κ2) is 6.35. The number of benzene rings is 1. The molecule has 4 nitrogen and oxygen atoms in total. The van der Waals surface area contributed by atoms with Gasteiger partial charge in [0.2, 0.25) is 0 Å². The molecule has 0 heterocycles. The molecule has 1 unspecified atom stereocenters. The number of rotatable bonds is 6. The van der Waals surface area contributed by atoms with Crippen LogP contribution in [0.5, 0.6) is 0 Å². The third kappa shape index (κ3) is 4.33. The van der Waals surface area contributed by atoms with Gasteiger partial charge in [-0.25, -0.2) is 9.18 Å². The van der Waals surface area contributed by atoms with E-state index >= 15 is 0 Å². The van der Waals surface area contributed by atoms with Gasteiger partial charge in [-0.05, 0) is 52.2 Å². The van der Waals surface area contributed by atoms with Crippen molar-refractivity contribution in [1.82, 2.24) is 4.90 Å². The summed E-state index contributed by atoms with van der Waals surface area (Å²) < 4.78 is 13.0. The second-order valence-corrected chi connectivity index (χ2v) is 4.63. The summed E-state index contributed by atoms with van der Waals surface area (Å²) in [5.74, 6) is -1.67. The van der Waals surface area contributed by atoms with Crippen molar-refractivity contribution < 1.29 is 14.3 Å². The van der Waals surface area contributed by atoms with Crippen LogP contribution in [0.2, 0.25) is 0 Å². The molecule has 0 spiro atoms. The fraction of sp³-hybridized carbons (Fsp3) is 0.462. The van der Waals surface area contributed by atoms with E-state index in [2.05, 4.69) is 10.2 Å². The molecule has 0 radical (unpaired) electrons. The van der Waals surface area contributed by atoms with Gasteiger partial charge < -0.3 is 15.3 Å². The van der Waals surface area contributed by atoms with Crippen LogP contribution in [0.15, 0.2) is 18.2 Å². The number of aromatic carboxylic acids is 1. The summed E-state index contributed by atoms with van der Waals surface area (Å²) in [4.78, 5) is 13.1. The van der Waals surface area contributed by atoms with E-state index in [-0.39, 0.29) is 11.6 Å². The first-order valence-corrected chi connectivity index (χ1v) is 5.84. The molecular formula is C13H19FN2O2. The SMILES string of the molecule is CC(CCN(C)C)Nc1ccc(F)cc1C(=O)O. The summed E-state index contributed by atoms with van der Waals surface area (Å²) in [6, 6.07) is 3.87. The Labute approximate surface area is 106 Å². The number of carboxylic acid groups (broad SMARTS) is 1. The van der Waals surface area contributed by atoms with Crippen LogP contribution in [-0.2, 0) is 0 Å². The third-order valence-corrected chi connectivity index (χ3v) is 2.62. The number of anilines is 1. The van der Waals surface area contributed by atoms with Crippen molar-refractivity contribution in [2.24, 2.45) is 0 Å². The molecule has 0 saturated carbocycles. The van der Waals surface area contributed by atoms with Gasteiger partial charge in [0.15, 0.2) is 0 Å². The predicted octanol–water partition coefficient (Wildman–Crippen LogP) is 2.28. The van der Waals surface area contributed by atoms with E-state index in [1.807, 2.05) is 21.0 Å². The highest BCUT2D eigenvalue weighted by molar-refractivity contribution is 5.94. The Morgan fingerprint density at radius 2 is 2.17 bits per heavy atom. The summed E-state index contributed by atoms with van der Waals surface area (Å²) >= 11 is 0. The van der Waals surface area contributed by atoms with Gasteiger partial charge in [0.05, 0.1) is 5.56 Å². The van der Waals surface area contributed by atoms with Gasteiger partial charge in [0, 0.05) is 11.7 Å². The van der Waals surface area contributed by atoms with E-state index in [0.29, 0.717) is 5.69 Å². The van der Waals surface area contributed by atoms with Crippen LogP contribution < -0.4 is 5.32 Å². The lowest BCUT2D eigenvalue weighted by Gasteiger charge is -2.19. The fourth-order valence-corrected chi connectivity index (χ4v) is 1.61. The minimum atomic E-state index is -1.13. The Balaban J connectivity index is 2.74. The molecule has 1 atom stereocenters. The van der Waals surface area contributed by atoms with Crippen LogP contribution in [0.3, 0.4) is 0 Å². The van der Waals surface area contributed by atoms with Gasteiger partial charge in [-0.15, -0.1) is 0 Å². The molecule has 18 heavy (non-hydrogen) atoms. The van der Waals surface area contributed by atoms with E-state index < -0.39 is 11.8 Å². The maximum atomic E-state index is 13.0. The maximum absolute atomic E-state index is 13.0. The minimum Gasteiger partial charge on any atom is -0.478 e. The van der Waals surface area contributed by atoms with E-state index in [1.54, 1.807) is 0 Å². The molecule has 0 saturated heterocycles.